The van der Waals surface area contributed by atoms with Crippen LogP contribution in [-0.4, -0.2) is 0 Å². The fraction of sp³-hybridized carbons (Fsp3) is 0.429. The summed E-state index contributed by atoms with van der Waals surface area (Å²) in [5, 5.41) is 0. The summed E-state index contributed by atoms with van der Waals surface area (Å²) in [5.41, 5.74) is 9.55. The van der Waals surface area contributed by atoms with Gasteiger partial charge in [0, 0.05) is 5.69 Å². The first-order valence-electron chi connectivity index (χ1n) is 8.70. The molecule has 2 aromatic rings. The minimum atomic E-state index is -0.114. The molecular formula is C21H26FN. The minimum Gasteiger partial charge on any atom is -0.399 e. The van der Waals surface area contributed by atoms with Gasteiger partial charge in [0.2, 0.25) is 0 Å². The Kier molecular flexibility index (Phi) is 4.70. The molecule has 1 saturated carbocycles. The average Bonchev–Trinajstić information content (AvgIpc) is 2.58. The SMILES string of the molecule is CCC1(Cc2ccc(N)cc2)CCC(c2cccc(F)c2)CC1. The first kappa shape index (κ1) is 16.0. The lowest BCUT2D eigenvalue weighted by Gasteiger charge is -2.40. The molecule has 0 spiro atoms. The van der Waals surface area contributed by atoms with Crippen molar-refractivity contribution in [1.82, 2.24) is 0 Å². The van der Waals surface area contributed by atoms with Gasteiger partial charge < -0.3 is 5.73 Å². The van der Waals surface area contributed by atoms with E-state index in [-0.39, 0.29) is 5.82 Å². The number of hydrogen-bond acceptors (Lipinski definition) is 1. The molecule has 0 aromatic heterocycles. The molecule has 1 aliphatic rings. The van der Waals surface area contributed by atoms with E-state index >= 15 is 0 Å². The van der Waals surface area contributed by atoms with E-state index in [1.807, 2.05) is 18.2 Å². The first-order chi connectivity index (χ1) is 11.1. The van der Waals surface area contributed by atoms with Crippen LogP contribution >= 0.6 is 0 Å². The molecule has 0 saturated heterocycles. The molecule has 0 atom stereocenters. The zero-order valence-corrected chi connectivity index (χ0v) is 13.9. The predicted octanol–water partition coefficient (Wildman–Crippen LogP) is 5.70. The van der Waals surface area contributed by atoms with Crippen molar-refractivity contribution in [3.63, 3.8) is 0 Å². The largest absolute Gasteiger partial charge is 0.399 e. The molecule has 0 radical (unpaired) electrons. The maximum absolute atomic E-state index is 13.5. The van der Waals surface area contributed by atoms with E-state index in [0.717, 1.165) is 24.9 Å². The Balaban J connectivity index is 1.68. The van der Waals surface area contributed by atoms with Crippen molar-refractivity contribution in [3.05, 3.63) is 65.5 Å². The average molecular weight is 311 g/mol. The molecule has 2 heteroatoms. The summed E-state index contributed by atoms with van der Waals surface area (Å²) in [5.74, 6) is 0.397. The third-order valence-corrected chi connectivity index (χ3v) is 5.68. The summed E-state index contributed by atoms with van der Waals surface area (Å²) in [6.45, 7) is 2.31. The van der Waals surface area contributed by atoms with Crippen LogP contribution in [0.3, 0.4) is 0 Å². The summed E-state index contributed by atoms with van der Waals surface area (Å²) in [7, 11) is 0. The fourth-order valence-corrected chi connectivity index (χ4v) is 4.05. The number of rotatable bonds is 4. The molecule has 1 fully saturated rings. The van der Waals surface area contributed by atoms with Crippen LogP contribution in [0.4, 0.5) is 10.1 Å². The minimum absolute atomic E-state index is 0.114. The van der Waals surface area contributed by atoms with Gasteiger partial charge in [0.15, 0.2) is 0 Å². The van der Waals surface area contributed by atoms with E-state index in [0.29, 0.717) is 11.3 Å². The van der Waals surface area contributed by atoms with Gasteiger partial charge in [-0.3, -0.25) is 0 Å². The van der Waals surface area contributed by atoms with E-state index in [9.17, 15) is 4.39 Å². The molecule has 0 aliphatic heterocycles. The maximum Gasteiger partial charge on any atom is 0.123 e. The zero-order chi connectivity index (χ0) is 16.3. The number of anilines is 1. The second-order valence-corrected chi connectivity index (χ2v) is 7.10. The highest BCUT2D eigenvalue weighted by Gasteiger charge is 2.34. The predicted molar refractivity (Wildman–Crippen MR) is 94.9 cm³/mol. The van der Waals surface area contributed by atoms with Gasteiger partial charge in [0.1, 0.15) is 5.82 Å². The Morgan fingerprint density at radius 3 is 2.39 bits per heavy atom. The highest BCUT2D eigenvalue weighted by atomic mass is 19.1. The topological polar surface area (TPSA) is 26.0 Å². The van der Waals surface area contributed by atoms with Crippen LogP contribution in [0.5, 0.6) is 0 Å². The molecule has 1 aliphatic carbocycles. The van der Waals surface area contributed by atoms with Gasteiger partial charge in [-0.05, 0) is 78.8 Å². The Morgan fingerprint density at radius 2 is 1.78 bits per heavy atom. The molecule has 122 valence electrons. The molecule has 23 heavy (non-hydrogen) atoms. The Morgan fingerprint density at radius 1 is 1.09 bits per heavy atom. The highest BCUT2D eigenvalue weighted by molar-refractivity contribution is 5.39. The quantitative estimate of drug-likeness (QED) is 0.720. The number of benzene rings is 2. The first-order valence-corrected chi connectivity index (χ1v) is 8.70. The molecular weight excluding hydrogens is 285 g/mol. The van der Waals surface area contributed by atoms with Crippen LogP contribution < -0.4 is 5.73 Å². The third kappa shape index (κ3) is 3.74. The second-order valence-electron chi connectivity index (χ2n) is 7.10. The van der Waals surface area contributed by atoms with Crippen molar-refractivity contribution < 1.29 is 4.39 Å². The van der Waals surface area contributed by atoms with Gasteiger partial charge in [0.25, 0.3) is 0 Å². The van der Waals surface area contributed by atoms with Crippen LogP contribution in [0.25, 0.3) is 0 Å². The lowest BCUT2D eigenvalue weighted by Crippen LogP contribution is -2.28. The molecule has 3 rings (SSSR count). The number of nitrogen functional groups attached to an aromatic ring is 1. The maximum atomic E-state index is 13.5. The van der Waals surface area contributed by atoms with Gasteiger partial charge in [0.05, 0.1) is 0 Å². The highest BCUT2D eigenvalue weighted by Crippen LogP contribution is 2.47. The zero-order valence-electron chi connectivity index (χ0n) is 13.9. The van der Waals surface area contributed by atoms with E-state index in [1.54, 1.807) is 6.07 Å². The Hall–Kier alpha value is -1.83. The summed E-state index contributed by atoms with van der Waals surface area (Å²) in [6, 6.07) is 15.5. The number of halogens is 1. The second kappa shape index (κ2) is 6.74. The molecule has 0 unspecified atom stereocenters. The van der Waals surface area contributed by atoms with Gasteiger partial charge in [-0.1, -0.05) is 37.6 Å². The number of hydrogen-bond donors (Lipinski definition) is 1. The Labute approximate surface area is 138 Å². The molecule has 0 bridgehead atoms. The van der Waals surface area contributed by atoms with Crippen molar-refractivity contribution in [1.29, 1.82) is 0 Å². The van der Waals surface area contributed by atoms with E-state index in [4.69, 9.17) is 5.73 Å². The van der Waals surface area contributed by atoms with Gasteiger partial charge in [-0.15, -0.1) is 0 Å². The van der Waals surface area contributed by atoms with Gasteiger partial charge >= 0.3 is 0 Å². The van der Waals surface area contributed by atoms with Crippen LogP contribution in [-0.2, 0) is 6.42 Å². The molecule has 0 heterocycles. The third-order valence-electron chi connectivity index (χ3n) is 5.68. The smallest absolute Gasteiger partial charge is 0.123 e. The van der Waals surface area contributed by atoms with Crippen molar-refractivity contribution in [2.75, 3.05) is 5.73 Å². The van der Waals surface area contributed by atoms with Crippen LogP contribution in [0.1, 0.15) is 56.1 Å². The normalized spacial score (nSPS) is 24.5. The molecule has 2 aromatic carbocycles. The molecule has 2 N–H and O–H groups in total. The van der Waals surface area contributed by atoms with E-state index in [2.05, 4.69) is 25.1 Å². The monoisotopic (exact) mass is 311 g/mol. The van der Waals surface area contributed by atoms with Crippen molar-refractivity contribution in [3.8, 4) is 0 Å². The van der Waals surface area contributed by atoms with Crippen molar-refractivity contribution in [2.45, 2.75) is 51.4 Å². The molecule has 0 amide bonds. The van der Waals surface area contributed by atoms with Gasteiger partial charge in [-0.2, -0.15) is 0 Å². The molecule has 1 nitrogen and oxygen atoms in total. The van der Waals surface area contributed by atoms with Crippen LogP contribution in [0.15, 0.2) is 48.5 Å². The Bertz CT molecular complexity index is 639. The standard InChI is InChI=1S/C21H26FN/c1-2-21(15-16-6-8-20(23)9-7-16)12-10-17(11-13-21)18-4-3-5-19(22)14-18/h3-9,14,17H,2,10-13,15,23H2,1H3. The summed E-state index contributed by atoms with van der Waals surface area (Å²) in [4.78, 5) is 0. The lowest BCUT2D eigenvalue weighted by atomic mass is 9.65. The summed E-state index contributed by atoms with van der Waals surface area (Å²) in [6.07, 6.45) is 7.08. The lowest BCUT2D eigenvalue weighted by molar-refractivity contribution is 0.165. The van der Waals surface area contributed by atoms with Gasteiger partial charge in [-0.25, -0.2) is 4.39 Å². The van der Waals surface area contributed by atoms with E-state index < -0.39 is 0 Å². The fourth-order valence-electron chi connectivity index (χ4n) is 4.05. The van der Waals surface area contributed by atoms with Crippen LogP contribution in [0.2, 0.25) is 0 Å². The van der Waals surface area contributed by atoms with Crippen molar-refractivity contribution in [2.24, 2.45) is 5.41 Å². The van der Waals surface area contributed by atoms with E-state index in [1.165, 1.54) is 36.5 Å². The van der Waals surface area contributed by atoms with Crippen LogP contribution in [0, 0.1) is 11.2 Å². The van der Waals surface area contributed by atoms with Crippen molar-refractivity contribution >= 4 is 5.69 Å². The summed E-state index contributed by atoms with van der Waals surface area (Å²) < 4.78 is 13.5. The number of nitrogens with two attached hydrogens (primary N) is 1. The summed E-state index contributed by atoms with van der Waals surface area (Å²) >= 11 is 0.